The summed E-state index contributed by atoms with van der Waals surface area (Å²) in [7, 11) is 1.97. The Bertz CT molecular complexity index is 305. The zero-order valence-corrected chi connectivity index (χ0v) is 9.51. The van der Waals surface area contributed by atoms with Crippen LogP contribution in [0.4, 0.5) is 0 Å². The fraction of sp³-hybridized carbons (Fsp3) is 0.125. The molecule has 3 N–H and O–H groups in total. The third-order valence-electron chi connectivity index (χ3n) is 1.05. The molecule has 0 aliphatic heterocycles. The maximum Gasteiger partial charge on any atom is 0.328 e. The molecule has 0 unspecified atom stereocenters. The molecule has 0 spiro atoms. The van der Waals surface area contributed by atoms with Crippen molar-refractivity contribution in [3.05, 3.63) is 30.9 Å². The molecule has 6 nitrogen and oxygen atoms in total. The third kappa shape index (κ3) is 12.4. The number of H-pyrrole nitrogens is 1. The Morgan fingerprint density at radius 2 is 1.73 bits per heavy atom. The summed E-state index contributed by atoms with van der Waals surface area (Å²) >= 11 is 0. The van der Waals surface area contributed by atoms with Gasteiger partial charge >= 0.3 is 11.9 Å². The first-order valence-corrected chi connectivity index (χ1v) is 3.64. The van der Waals surface area contributed by atoms with Crippen LogP contribution in [0.15, 0.2) is 30.9 Å². The van der Waals surface area contributed by atoms with E-state index in [-0.39, 0.29) is 17.0 Å². The third-order valence-corrected chi connectivity index (χ3v) is 1.05. The normalized spacial score (nSPS) is 8.60. The number of halogens is 1. The largest absolute Gasteiger partial charge is 1.00 e. The minimum Gasteiger partial charge on any atom is -1.00 e. The molecule has 0 aromatic carbocycles. The average molecular weight is 279 g/mol. The van der Waals surface area contributed by atoms with E-state index in [0.29, 0.717) is 12.2 Å². The summed E-state index contributed by atoms with van der Waals surface area (Å²) in [4.78, 5) is 22.0. The lowest BCUT2D eigenvalue weighted by atomic mass is 10.5. The van der Waals surface area contributed by atoms with Crippen LogP contribution in [0.25, 0.3) is 0 Å². The predicted molar refractivity (Wildman–Crippen MR) is 46.4 cm³/mol. The van der Waals surface area contributed by atoms with E-state index in [1.165, 1.54) is 0 Å². The SMILES string of the molecule is C[n+]1cc[nH]c1.O=C(O)/C=C\C(=O)O.[Br-]. The summed E-state index contributed by atoms with van der Waals surface area (Å²) in [6.45, 7) is 0. The average Bonchev–Trinajstić information content (AvgIpc) is 2.53. The first-order chi connectivity index (χ1) is 6.52. The van der Waals surface area contributed by atoms with E-state index < -0.39 is 11.9 Å². The number of nitrogens with one attached hydrogen (secondary N) is 1. The van der Waals surface area contributed by atoms with Crippen molar-refractivity contribution < 1.29 is 41.4 Å². The van der Waals surface area contributed by atoms with Crippen molar-refractivity contribution in [1.29, 1.82) is 0 Å². The van der Waals surface area contributed by atoms with Crippen LogP contribution in [-0.4, -0.2) is 27.1 Å². The molecular formula is C8H11BrN2O4. The molecule has 1 heterocycles. The number of carbonyl (C=O) groups is 2. The summed E-state index contributed by atoms with van der Waals surface area (Å²) in [5, 5.41) is 15.6. The molecule has 0 aliphatic carbocycles. The molecule has 0 bridgehead atoms. The summed E-state index contributed by atoms with van der Waals surface area (Å²) in [5.74, 6) is -2.51. The van der Waals surface area contributed by atoms with Crippen molar-refractivity contribution in [3.8, 4) is 0 Å². The van der Waals surface area contributed by atoms with Crippen LogP contribution in [0.1, 0.15) is 0 Å². The number of imidazole rings is 1. The van der Waals surface area contributed by atoms with Crippen LogP contribution >= 0.6 is 0 Å². The van der Waals surface area contributed by atoms with Gasteiger partial charge < -0.3 is 27.2 Å². The van der Waals surface area contributed by atoms with Crippen molar-refractivity contribution in [2.45, 2.75) is 0 Å². The molecule has 1 aromatic heterocycles. The van der Waals surface area contributed by atoms with Gasteiger partial charge in [-0.1, -0.05) is 0 Å². The maximum atomic E-state index is 9.55. The highest BCUT2D eigenvalue weighted by molar-refractivity contribution is 5.89. The first-order valence-electron chi connectivity index (χ1n) is 3.64. The van der Waals surface area contributed by atoms with E-state index in [2.05, 4.69) is 4.98 Å². The summed E-state index contributed by atoms with van der Waals surface area (Å²) in [6, 6.07) is 0. The number of aromatic amines is 1. The van der Waals surface area contributed by atoms with E-state index in [0.717, 1.165) is 0 Å². The lowest BCUT2D eigenvalue weighted by molar-refractivity contribution is -0.670. The van der Waals surface area contributed by atoms with Crippen LogP contribution in [-0.2, 0) is 16.6 Å². The minimum atomic E-state index is -1.26. The topological polar surface area (TPSA) is 94.3 Å². The molecule has 84 valence electrons. The monoisotopic (exact) mass is 278 g/mol. The molecular weight excluding hydrogens is 268 g/mol. The van der Waals surface area contributed by atoms with E-state index in [1.54, 1.807) is 0 Å². The van der Waals surface area contributed by atoms with Crippen molar-refractivity contribution >= 4 is 11.9 Å². The molecule has 1 aromatic rings. The fourth-order valence-electron chi connectivity index (χ4n) is 0.507. The highest BCUT2D eigenvalue weighted by Crippen LogP contribution is 1.70. The first kappa shape index (κ1) is 15.8. The lowest BCUT2D eigenvalue weighted by Crippen LogP contribution is -3.00. The van der Waals surface area contributed by atoms with Crippen LogP contribution < -0.4 is 21.5 Å². The smallest absolute Gasteiger partial charge is 0.328 e. The second-order valence-electron chi connectivity index (χ2n) is 2.29. The van der Waals surface area contributed by atoms with Gasteiger partial charge in [0.25, 0.3) is 0 Å². The molecule has 7 heteroatoms. The summed E-state index contributed by atoms with van der Waals surface area (Å²) in [6.07, 6.45) is 6.81. The quantitative estimate of drug-likeness (QED) is 0.388. The van der Waals surface area contributed by atoms with Gasteiger partial charge in [0.15, 0.2) is 0 Å². The molecule has 0 aliphatic rings. The summed E-state index contributed by atoms with van der Waals surface area (Å²) < 4.78 is 1.94. The Morgan fingerprint density at radius 3 is 1.87 bits per heavy atom. The standard InChI is InChI=1S/C4H6N2.C4H4O4.BrH/c1-6-3-2-5-4-6;5-3(6)1-2-4(7)8;/h2-4H,1H3;1-2H,(H,5,6)(H,7,8);1H/b;2-1-;. The molecule has 0 atom stereocenters. The van der Waals surface area contributed by atoms with Crippen LogP contribution in [0, 0.1) is 0 Å². The van der Waals surface area contributed by atoms with Gasteiger partial charge in [0.05, 0.1) is 7.05 Å². The van der Waals surface area contributed by atoms with Crippen molar-refractivity contribution in [2.75, 3.05) is 0 Å². The molecule has 1 rings (SSSR count). The number of rotatable bonds is 2. The van der Waals surface area contributed by atoms with Crippen LogP contribution in [0.2, 0.25) is 0 Å². The number of aromatic nitrogens is 2. The Morgan fingerprint density at radius 1 is 1.27 bits per heavy atom. The molecule has 0 radical (unpaired) electrons. The zero-order chi connectivity index (χ0) is 11.0. The van der Waals surface area contributed by atoms with E-state index >= 15 is 0 Å². The van der Waals surface area contributed by atoms with E-state index in [1.807, 2.05) is 30.3 Å². The van der Waals surface area contributed by atoms with Crippen LogP contribution in [0.5, 0.6) is 0 Å². The minimum absolute atomic E-state index is 0. The Hall–Kier alpha value is -1.63. The highest BCUT2D eigenvalue weighted by Gasteiger charge is 1.88. The Labute approximate surface area is 96.6 Å². The number of carboxylic acid groups (broad SMARTS) is 2. The van der Waals surface area contributed by atoms with Gasteiger partial charge in [-0.05, 0) is 0 Å². The van der Waals surface area contributed by atoms with Crippen molar-refractivity contribution in [2.24, 2.45) is 7.05 Å². The predicted octanol–water partition coefficient (Wildman–Crippen LogP) is -3.44. The van der Waals surface area contributed by atoms with Crippen molar-refractivity contribution in [1.82, 2.24) is 4.98 Å². The van der Waals surface area contributed by atoms with Gasteiger partial charge in [0.1, 0.15) is 12.4 Å². The summed E-state index contributed by atoms with van der Waals surface area (Å²) in [5.41, 5.74) is 0. The number of hydrogen-bond acceptors (Lipinski definition) is 2. The molecule has 0 fully saturated rings. The van der Waals surface area contributed by atoms with Gasteiger partial charge in [-0.15, -0.1) is 0 Å². The number of carboxylic acids is 2. The molecule has 0 saturated carbocycles. The highest BCUT2D eigenvalue weighted by atomic mass is 79.9. The Kier molecular flexibility index (Phi) is 9.44. The second-order valence-corrected chi connectivity index (χ2v) is 2.29. The van der Waals surface area contributed by atoms with Gasteiger partial charge in [-0.25, -0.2) is 14.2 Å². The van der Waals surface area contributed by atoms with Gasteiger partial charge in [-0.2, -0.15) is 0 Å². The fourth-order valence-corrected chi connectivity index (χ4v) is 0.507. The van der Waals surface area contributed by atoms with Gasteiger partial charge in [0, 0.05) is 12.2 Å². The zero-order valence-electron chi connectivity index (χ0n) is 7.92. The molecule has 15 heavy (non-hydrogen) atoms. The maximum absolute atomic E-state index is 9.55. The Balaban J connectivity index is 0. The van der Waals surface area contributed by atoms with E-state index in [9.17, 15) is 9.59 Å². The van der Waals surface area contributed by atoms with Crippen LogP contribution in [0.3, 0.4) is 0 Å². The number of aliphatic carboxylic acids is 2. The van der Waals surface area contributed by atoms with Gasteiger partial charge in [0.2, 0.25) is 6.33 Å². The van der Waals surface area contributed by atoms with E-state index in [4.69, 9.17) is 10.2 Å². The second kappa shape index (κ2) is 8.95. The molecule has 0 amide bonds. The molecule has 0 saturated heterocycles. The van der Waals surface area contributed by atoms with Gasteiger partial charge in [-0.3, -0.25) is 4.98 Å². The number of nitrogens with zero attached hydrogens (tertiary/aromatic N) is 1. The van der Waals surface area contributed by atoms with Crippen molar-refractivity contribution in [3.63, 3.8) is 0 Å². The number of hydrogen-bond donors (Lipinski definition) is 3. The lowest BCUT2D eigenvalue weighted by Gasteiger charge is -1.74. The number of aryl methyl sites for hydroxylation is 1.